The van der Waals surface area contributed by atoms with Gasteiger partial charge in [0, 0.05) is 11.6 Å². The molecule has 2 aromatic carbocycles. The predicted molar refractivity (Wildman–Crippen MR) is 112 cm³/mol. The average molecular weight is 467 g/mol. The lowest BCUT2D eigenvalue weighted by atomic mass is 10.1. The van der Waals surface area contributed by atoms with Crippen LogP contribution in [0.4, 0.5) is 0 Å². The number of methoxy groups -OCH3 is 2. The quantitative estimate of drug-likeness (QED) is 0.307. The fraction of sp³-hybridized carbons (Fsp3) is 0.211. The van der Waals surface area contributed by atoms with Gasteiger partial charge in [0.1, 0.15) is 11.5 Å². The maximum Gasteiger partial charge on any atom is 0.343 e. The molecule has 7 nitrogen and oxygen atoms in total. The van der Waals surface area contributed by atoms with Gasteiger partial charge < -0.3 is 19.2 Å². The van der Waals surface area contributed by atoms with E-state index in [9.17, 15) is 9.59 Å². The number of esters is 1. The smallest absolute Gasteiger partial charge is 0.343 e. The number of rotatable bonds is 8. The van der Waals surface area contributed by atoms with Crippen molar-refractivity contribution in [3.8, 4) is 11.5 Å². The summed E-state index contributed by atoms with van der Waals surface area (Å²) >= 11 is 1.33. The van der Waals surface area contributed by atoms with E-state index < -0.39 is 5.97 Å². The second-order valence-electron chi connectivity index (χ2n) is 5.53. The molecule has 148 valence electrons. The number of fused-ring (bicyclic) bond motifs is 1. The highest BCUT2D eigenvalue weighted by Crippen LogP contribution is 2.24. The molecule has 0 amide bonds. The molecule has 0 saturated carbocycles. The van der Waals surface area contributed by atoms with Gasteiger partial charge in [-0.15, -0.1) is 17.0 Å². The number of benzene rings is 2. The molecule has 0 aliphatic heterocycles. The van der Waals surface area contributed by atoms with E-state index in [1.54, 1.807) is 31.4 Å². The third-order valence-corrected chi connectivity index (χ3v) is 4.64. The lowest BCUT2D eigenvalue weighted by molar-refractivity contribution is -0.142. The minimum Gasteiger partial charge on any atom is -0.497 e. The van der Waals surface area contributed by atoms with Gasteiger partial charge >= 0.3 is 5.97 Å². The van der Waals surface area contributed by atoms with Gasteiger partial charge in [0.2, 0.25) is 0 Å². The summed E-state index contributed by atoms with van der Waals surface area (Å²) in [5.41, 5.74) is 2.24. The van der Waals surface area contributed by atoms with Crippen molar-refractivity contribution < 1.29 is 23.8 Å². The fourth-order valence-corrected chi connectivity index (χ4v) is 3.10. The van der Waals surface area contributed by atoms with E-state index in [4.69, 9.17) is 9.47 Å². The van der Waals surface area contributed by atoms with E-state index in [2.05, 4.69) is 14.7 Å². The lowest BCUT2D eigenvalue weighted by Gasteiger charge is -2.05. The van der Waals surface area contributed by atoms with E-state index in [0.717, 1.165) is 16.8 Å². The molecular formula is C19H19BrN2O5S. The molecule has 0 aliphatic carbocycles. The molecule has 0 fully saturated rings. The van der Waals surface area contributed by atoms with Crippen molar-refractivity contribution in [1.29, 1.82) is 0 Å². The molecule has 0 spiro atoms. The maximum atomic E-state index is 12.4. The molecule has 0 radical (unpaired) electrons. The summed E-state index contributed by atoms with van der Waals surface area (Å²) in [5, 5.41) is 0.671. The summed E-state index contributed by atoms with van der Waals surface area (Å²) < 4.78 is 15.0. The van der Waals surface area contributed by atoms with Crippen LogP contribution >= 0.6 is 28.7 Å². The second-order valence-corrected chi connectivity index (χ2v) is 6.49. The summed E-state index contributed by atoms with van der Waals surface area (Å²) in [6.07, 6.45) is 0. The molecule has 0 unspecified atom stereocenters. The Kier molecular flexibility index (Phi) is 7.89. The molecule has 3 aromatic rings. The van der Waals surface area contributed by atoms with Gasteiger partial charge in [-0.25, -0.2) is 9.78 Å². The highest BCUT2D eigenvalue weighted by Gasteiger charge is 2.10. The topological polar surface area (TPSA) is 90.5 Å². The van der Waals surface area contributed by atoms with Crippen LogP contribution in [0.3, 0.4) is 0 Å². The number of carbonyl (C=O) groups excluding carboxylic acids is 2. The Balaban J connectivity index is 0.00000280. The van der Waals surface area contributed by atoms with Gasteiger partial charge in [0.25, 0.3) is 0 Å². The van der Waals surface area contributed by atoms with Crippen LogP contribution in [0.1, 0.15) is 10.4 Å². The van der Waals surface area contributed by atoms with Crippen molar-refractivity contribution in [2.75, 3.05) is 26.6 Å². The van der Waals surface area contributed by atoms with Crippen LogP contribution < -0.4 is 9.47 Å². The van der Waals surface area contributed by atoms with Gasteiger partial charge in [-0.05, 0) is 36.4 Å². The molecule has 1 aromatic heterocycles. The van der Waals surface area contributed by atoms with Crippen LogP contribution in [0, 0.1) is 0 Å². The van der Waals surface area contributed by atoms with E-state index in [1.165, 1.54) is 18.9 Å². The molecular weight excluding hydrogens is 448 g/mol. The third kappa shape index (κ3) is 5.49. The van der Waals surface area contributed by atoms with Crippen LogP contribution in [0.15, 0.2) is 47.6 Å². The molecule has 3 rings (SSSR count). The Labute approximate surface area is 176 Å². The first-order chi connectivity index (χ1) is 13.1. The number of nitrogens with zero attached hydrogens (tertiary/aromatic N) is 1. The first kappa shape index (κ1) is 21.8. The summed E-state index contributed by atoms with van der Waals surface area (Å²) in [7, 11) is 2.90. The second kappa shape index (κ2) is 10.1. The van der Waals surface area contributed by atoms with E-state index in [0.29, 0.717) is 16.5 Å². The lowest BCUT2D eigenvalue weighted by Crippen LogP contribution is -2.12. The number of halogens is 1. The van der Waals surface area contributed by atoms with Crippen LogP contribution in [0.2, 0.25) is 0 Å². The normalized spacial score (nSPS) is 10.2. The molecule has 0 bridgehead atoms. The van der Waals surface area contributed by atoms with Crippen molar-refractivity contribution in [2.45, 2.75) is 5.16 Å². The van der Waals surface area contributed by atoms with Gasteiger partial charge in [0.05, 0.1) is 31.0 Å². The largest absolute Gasteiger partial charge is 0.497 e. The van der Waals surface area contributed by atoms with Gasteiger partial charge in [0.15, 0.2) is 17.5 Å². The number of aromatic nitrogens is 2. The number of H-pyrrole nitrogens is 1. The van der Waals surface area contributed by atoms with Crippen molar-refractivity contribution in [3.63, 3.8) is 0 Å². The number of carbonyl (C=O) groups is 2. The zero-order chi connectivity index (χ0) is 19.2. The summed E-state index contributed by atoms with van der Waals surface area (Å²) in [4.78, 5) is 31.0. The van der Waals surface area contributed by atoms with Crippen molar-refractivity contribution in [1.82, 2.24) is 9.97 Å². The van der Waals surface area contributed by atoms with Crippen LogP contribution in [-0.4, -0.2) is 48.3 Å². The summed E-state index contributed by atoms with van der Waals surface area (Å²) in [6.45, 7) is -0.170. The predicted octanol–water partition coefficient (Wildman–Crippen LogP) is 3.68. The van der Waals surface area contributed by atoms with Crippen LogP contribution in [0.25, 0.3) is 11.0 Å². The van der Waals surface area contributed by atoms with Crippen LogP contribution in [-0.2, 0) is 9.53 Å². The zero-order valence-corrected chi connectivity index (χ0v) is 17.8. The Hall–Kier alpha value is -2.52. The number of ether oxygens (including phenoxy) is 3. The Morgan fingerprint density at radius 2 is 1.79 bits per heavy atom. The van der Waals surface area contributed by atoms with Crippen molar-refractivity contribution in [2.24, 2.45) is 0 Å². The Bertz CT molecular complexity index is 959. The maximum absolute atomic E-state index is 12.4. The van der Waals surface area contributed by atoms with Crippen molar-refractivity contribution >= 4 is 51.5 Å². The highest BCUT2D eigenvalue weighted by molar-refractivity contribution is 8.93. The standard InChI is InChI=1S/C19H18N2O5S.BrH/c1-24-14-7-8-15-16(9-14)21-19(20-15)27-11-17(22)12-3-5-13(6-4-12)26-10-18(23)25-2;/h3-9H,10-11H2,1-2H3,(H,20,21);1H. The Morgan fingerprint density at radius 1 is 1.07 bits per heavy atom. The minimum atomic E-state index is -0.463. The zero-order valence-electron chi connectivity index (χ0n) is 15.3. The summed E-state index contributed by atoms with van der Waals surface area (Å²) in [5.74, 6) is 0.996. The van der Waals surface area contributed by atoms with Gasteiger partial charge in [-0.3, -0.25) is 4.79 Å². The number of hydrogen-bond donors (Lipinski definition) is 1. The van der Waals surface area contributed by atoms with E-state index in [-0.39, 0.29) is 35.1 Å². The van der Waals surface area contributed by atoms with Gasteiger partial charge in [-0.2, -0.15) is 0 Å². The number of imidazole rings is 1. The van der Waals surface area contributed by atoms with E-state index in [1.807, 2.05) is 18.2 Å². The number of hydrogen-bond acceptors (Lipinski definition) is 7. The van der Waals surface area contributed by atoms with Crippen LogP contribution in [0.5, 0.6) is 11.5 Å². The number of ketones is 1. The average Bonchev–Trinajstić information content (AvgIpc) is 3.12. The Morgan fingerprint density at radius 3 is 2.46 bits per heavy atom. The SMILES string of the molecule is Br.COC(=O)COc1ccc(C(=O)CSc2nc3ccc(OC)cc3[nH]2)cc1. The molecule has 9 heteroatoms. The number of Topliss-reactive ketones (excluding diaryl/α,β-unsaturated/α-hetero) is 1. The fourth-order valence-electron chi connectivity index (χ4n) is 2.32. The molecule has 1 heterocycles. The molecule has 1 N–H and O–H groups in total. The minimum absolute atomic E-state index is 0. The molecule has 0 aliphatic rings. The highest BCUT2D eigenvalue weighted by atomic mass is 79.9. The molecule has 0 atom stereocenters. The van der Waals surface area contributed by atoms with Gasteiger partial charge in [-0.1, -0.05) is 11.8 Å². The number of thioether (sulfide) groups is 1. The first-order valence-electron chi connectivity index (χ1n) is 8.08. The third-order valence-electron chi connectivity index (χ3n) is 3.77. The van der Waals surface area contributed by atoms with E-state index >= 15 is 0 Å². The molecule has 0 saturated heterocycles. The molecule has 28 heavy (non-hydrogen) atoms. The number of aromatic amines is 1. The summed E-state index contributed by atoms with van der Waals surface area (Å²) in [6, 6.07) is 12.2. The van der Waals surface area contributed by atoms with Crippen molar-refractivity contribution in [3.05, 3.63) is 48.0 Å². The first-order valence-corrected chi connectivity index (χ1v) is 9.07. The number of nitrogens with one attached hydrogen (secondary N) is 1. The monoisotopic (exact) mass is 466 g/mol.